The minimum Gasteiger partial charge on any atom is -0.347 e. The van der Waals surface area contributed by atoms with E-state index in [0.717, 1.165) is 12.1 Å². The Morgan fingerprint density at radius 2 is 2.00 bits per heavy atom. The number of nitrogens with zero attached hydrogens (tertiary/aromatic N) is 1. The number of amides is 1. The summed E-state index contributed by atoms with van der Waals surface area (Å²) in [5.41, 5.74) is 2.34. The van der Waals surface area contributed by atoms with Crippen LogP contribution < -0.4 is 10.6 Å². The number of hydrogen-bond donors (Lipinski definition) is 2. The SMILES string of the molecule is CCCCCCc1ccc(NC2N=CC(=O)N2)cc1. The van der Waals surface area contributed by atoms with E-state index in [1.165, 1.54) is 37.5 Å². The van der Waals surface area contributed by atoms with Crippen LogP contribution in [-0.4, -0.2) is 18.4 Å². The van der Waals surface area contributed by atoms with Gasteiger partial charge in [-0.05, 0) is 30.5 Å². The molecule has 0 fully saturated rings. The Kier molecular flexibility index (Phi) is 4.95. The van der Waals surface area contributed by atoms with Crippen LogP contribution in [0.15, 0.2) is 29.3 Å². The second-order valence-electron chi connectivity index (χ2n) is 4.84. The average Bonchev–Trinajstić information content (AvgIpc) is 2.82. The van der Waals surface area contributed by atoms with E-state index in [1.54, 1.807) is 0 Å². The van der Waals surface area contributed by atoms with Crippen LogP contribution in [0.1, 0.15) is 38.2 Å². The molecule has 4 nitrogen and oxygen atoms in total. The van der Waals surface area contributed by atoms with Crippen molar-refractivity contribution in [3.8, 4) is 0 Å². The Hall–Kier alpha value is -1.84. The van der Waals surface area contributed by atoms with E-state index in [9.17, 15) is 4.79 Å². The molecule has 102 valence electrons. The first-order valence-electron chi connectivity index (χ1n) is 6.97. The van der Waals surface area contributed by atoms with Crippen molar-refractivity contribution in [2.24, 2.45) is 4.99 Å². The number of carbonyl (C=O) groups is 1. The van der Waals surface area contributed by atoms with Gasteiger partial charge in [-0.15, -0.1) is 0 Å². The maximum absolute atomic E-state index is 11.0. The third-order valence-electron chi connectivity index (χ3n) is 3.20. The fourth-order valence-electron chi connectivity index (χ4n) is 2.11. The Balaban J connectivity index is 1.78. The minimum atomic E-state index is -0.331. The van der Waals surface area contributed by atoms with Gasteiger partial charge in [0.25, 0.3) is 5.91 Å². The van der Waals surface area contributed by atoms with E-state index >= 15 is 0 Å². The maximum atomic E-state index is 11.0. The first kappa shape index (κ1) is 13.6. The van der Waals surface area contributed by atoms with E-state index in [-0.39, 0.29) is 12.2 Å². The summed E-state index contributed by atoms with van der Waals surface area (Å²) >= 11 is 0. The third kappa shape index (κ3) is 4.39. The van der Waals surface area contributed by atoms with Crippen molar-refractivity contribution in [2.75, 3.05) is 5.32 Å². The first-order valence-corrected chi connectivity index (χ1v) is 6.97. The van der Waals surface area contributed by atoms with Crippen LogP contribution in [0.4, 0.5) is 5.69 Å². The number of nitrogens with one attached hydrogen (secondary N) is 2. The zero-order chi connectivity index (χ0) is 13.5. The molecule has 2 N–H and O–H groups in total. The summed E-state index contributed by atoms with van der Waals surface area (Å²) in [6.07, 6.45) is 7.26. The van der Waals surface area contributed by atoms with Crippen LogP contribution in [0.2, 0.25) is 0 Å². The highest BCUT2D eigenvalue weighted by molar-refractivity contribution is 6.27. The van der Waals surface area contributed by atoms with Crippen molar-refractivity contribution in [3.05, 3.63) is 29.8 Å². The molecule has 2 rings (SSSR count). The molecule has 1 atom stereocenters. The van der Waals surface area contributed by atoms with Gasteiger partial charge in [0.05, 0.1) is 6.21 Å². The third-order valence-corrected chi connectivity index (χ3v) is 3.20. The molecule has 0 aliphatic carbocycles. The minimum absolute atomic E-state index is 0.148. The number of aliphatic imine (C=N–C) groups is 1. The molecule has 1 heterocycles. The Labute approximate surface area is 114 Å². The van der Waals surface area contributed by atoms with Gasteiger partial charge in [-0.2, -0.15) is 0 Å². The van der Waals surface area contributed by atoms with Crippen LogP contribution in [0.5, 0.6) is 0 Å². The van der Waals surface area contributed by atoms with E-state index in [4.69, 9.17) is 0 Å². The van der Waals surface area contributed by atoms with Crippen molar-refractivity contribution < 1.29 is 4.79 Å². The summed E-state index contributed by atoms with van der Waals surface area (Å²) in [6.45, 7) is 2.23. The Bertz CT molecular complexity index is 439. The van der Waals surface area contributed by atoms with Gasteiger partial charge in [-0.25, -0.2) is 4.99 Å². The molecule has 1 unspecified atom stereocenters. The highest BCUT2D eigenvalue weighted by atomic mass is 16.2. The van der Waals surface area contributed by atoms with Gasteiger partial charge >= 0.3 is 0 Å². The van der Waals surface area contributed by atoms with Crippen LogP contribution in [0, 0.1) is 0 Å². The second-order valence-corrected chi connectivity index (χ2v) is 4.84. The lowest BCUT2D eigenvalue weighted by Gasteiger charge is -2.12. The second kappa shape index (κ2) is 6.92. The quantitative estimate of drug-likeness (QED) is 0.740. The Morgan fingerprint density at radius 3 is 2.63 bits per heavy atom. The first-order chi connectivity index (χ1) is 9.28. The molecule has 0 saturated carbocycles. The zero-order valence-corrected chi connectivity index (χ0v) is 11.4. The van der Waals surface area contributed by atoms with Crippen molar-refractivity contribution in [3.63, 3.8) is 0 Å². The molecular weight excluding hydrogens is 238 g/mol. The lowest BCUT2D eigenvalue weighted by Crippen LogP contribution is -2.33. The summed E-state index contributed by atoms with van der Waals surface area (Å²) in [6, 6.07) is 8.34. The van der Waals surface area contributed by atoms with Crippen LogP contribution in [-0.2, 0) is 11.2 Å². The number of hydrogen-bond acceptors (Lipinski definition) is 3. The summed E-state index contributed by atoms with van der Waals surface area (Å²) in [5.74, 6) is -0.148. The Morgan fingerprint density at radius 1 is 1.21 bits per heavy atom. The van der Waals surface area contributed by atoms with Gasteiger partial charge in [-0.1, -0.05) is 38.3 Å². The van der Waals surface area contributed by atoms with E-state index in [1.807, 2.05) is 12.1 Å². The number of anilines is 1. The molecule has 0 radical (unpaired) electrons. The summed E-state index contributed by atoms with van der Waals surface area (Å²) in [5, 5.41) is 5.84. The molecule has 1 aromatic rings. The van der Waals surface area contributed by atoms with Gasteiger partial charge in [-0.3, -0.25) is 4.79 Å². The average molecular weight is 259 g/mol. The fraction of sp³-hybridized carbons (Fsp3) is 0.467. The smallest absolute Gasteiger partial charge is 0.265 e. The van der Waals surface area contributed by atoms with Crippen molar-refractivity contribution in [2.45, 2.75) is 45.3 Å². The molecule has 1 aliphatic heterocycles. The molecule has 4 heteroatoms. The van der Waals surface area contributed by atoms with Crippen LogP contribution in [0.25, 0.3) is 0 Å². The maximum Gasteiger partial charge on any atom is 0.265 e. The largest absolute Gasteiger partial charge is 0.347 e. The molecule has 1 amide bonds. The van der Waals surface area contributed by atoms with Gasteiger partial charge in [0, 0.05) is 5.69 Å². The zero-order valence-electron chi connectivity index (χ0n) is 11.4. The molecule has 0 aromatic heterocycles. The topological polar surface area (TPSA) is 53.5 Å². The van der Waals surface area contributed by atoms with E-state index in [2.05, 4.69) is 34.7 Å². The van der Waals surface area contributed by atoms with Crippen molar-refractivity contribution in [1.82, 2.24) is 5.32 Å². The monoisotopic (exact) mass is 259 g/mol. The number of benzene rings is 1. The molecule has 0 bridgehead atoms. The fourth-order valence-corrected chi connectivity index (χ4v) is 2.11. The summed E-state index contributed by atoms with van der Waals surface area (Å²) in [7, 11) is 0. The van der Waals surface area contributed by atoms with Crippen molar-refractivity contribution in [1.29, 1.82) is 0 Å². The van der Waals surface area contributed by atoms with Gasteiger partial charge < -0.3 is 10.6 Å². The van der Waals surface area contributed by atoms with Gasteiger partial charge in [0.2, 0.25) is 0 Å². The standard InChI is InChI=1S/C15H21N3O/c1-2-3-4-5-6-12-7-9-13(10-8-12)17-15-16-11-14(19)18-15/h7-11,15,17H,2-6H2,1H3,(H,18,19). The summed E-state index contributed by atoms with van der Waals surface area (Å²) < 4.78 is 0. The lowest BCUT2D eigenvalue weighted by molar-refractivity contribution is -0.114. The van der Waals surface area contributed by atoms with E-state index < -0.39 is 0 Å². The molecule has 0 spiro atoms. The molecule has 19 heavy (non-hydrogen) atoms. The lowest BCUT2D eigenvalue weighted by atomic mass is 10.1. The summed E-state index contributed by atoms with van der Waals surface area (Å²) in [4.78, 5) is 15.0. The molecular formula is C15H21N3O. The number of rotatable bonds is 7. The highest BCUT2D eigenvalue weighted by Gasteiger charge is 2.14. The van der Waals surface area contributed by atoms with E-state index in [0.29, 0.717) is 0 Å². The normalized spacial score (nSPS) is 17.5. The predicted octanol–water partition coefficient (Wildman–Crippen LogP) is 2.71. The number of unbranched alkanes of at least 4 members (excludes halogenated alkanes) is 3. The molecule has 1 aromatic carbocycles. The van der Waals surface area contributed by atoms with Crippen molar-refractivity contribution >= 4 is 17.8 Å². The molecule has 0 saturated heterocycles. The van der Waals surface area contributed by atoms with Gasteiger partial charge in [0.15, 0.2) is 6.29 Å². The number of aryl methyl sites for hydroxylation is 1. The van der Waals surface area contributed by atoms with Gasteiger partial charge in [0.1, 0.15) is 0 Å². The molecule has 1 aliphatic rings. The number of carbonyl (C=O) groups excluding carboxylic acids is 1. The predicted molar refractivity (Wildman–Crippen MR) is 78.3 cm³/mol. The highest BCUT2D eigenvalue weighted by Crippen LogP contribution is 2.13. The van der Waals surface area contributed by atoms with Crippen LogP contribution in [0.3, 0.4) is 0 Å². The van der Waals surface area contributed by atoms with Crippen LogP contribution >= 0.6 is 0 Å².